The minimum atomic E-state index is -0.407. The number of hydrogen-bond donors (Lipinski definition) is 1. The molecule has 4 nitrogen and oxygen atoms in total. The average Bonchev–Trinajstić information content (AvgIpc) is 2.75. The van der Waals surface area contributed by atoms with Crippen molar-refractivity contribution in [2.45, 2.75) is 19.4 Å². The molecule has 17 heavy (non-hydrogen) atoms. The zero-order valence-corrected chi connectivity index (χ0v) is 9.72. The Morgan fingerprint density at radius 1 is 1.24 bits per heavy atom. The van der Waals surface area contributed by atoms with Gasteiger partial charge in [0.1, 0.15) is 0 Å². The van der Waals surface area contributed by atoms with Crippen molar-refractivity contribution in [2.24, 2.45) is 0 Å². The van der Waals surface area contributed by atoms with Crippen molar-refractivity contribution < 1.29 is 14.7 Å². The molecule has 0 unspecified atom stereocenters. The molecule has 90 valence electrons. The van der Waals surface area contributed by atoms with Gasteiger partial charge >= 0.3 is 0 Å². The first kappa shape index (κ1) is 11.8. The molecular formula is C13H15NO3. The van der Waals surface area contributed by atoms with Crippen molar-refractivity contribution in [3.05, 3.63) is 35.4 Å². The molecule has 1 aromatic carbocycles. The fourth-order valence-electron chi connectivity index (χ4n) is 1.96. The molecule has 1 atom stereocenters. The fourth-order valence-corrected chi connectivity index (χ4v) is 1.96. The molecule has 0 radical (unpaired) electrons. The Morgan fingerprint density at radius 2 is 1.82 bits per heavy atom. The number of aliphatic hydroxyl groups excluding tert-OH is 1. The molecule has 0 saturated carbocycles. The molecule has 0 bridgehead atoms. The number of likely N-dealkylation sites (tertiary alicyclic amines) is 1. The predicted octanol–water partition coefficient (Wildman–Crippen LogP) is 1.10. The van der Waals surface area contributed by atoms with Crippen LogP contribution in [-0.4, -0.2) is 40.9 Å². The van der Waals surface area contributed by atoms with Gasteiger partial charge in [-0.25, -0.2) is 0 Å². The Bertz CT molecular complexity index is 438. The molecule has 1 amide bonds. The number of ketones is 1. The number of amides is 1. The highest BCUT2D eigenvalue weighted by molar-refractivity contribution is 5.97. The molecule has 1 N–H and O–H groups in total. The zero-order chi connectivity index (χ0) is 12.4. The maximum atomic E-state index is 12.0. The van der Waals surface area contributed by atoms with Crippen LogP contribution in [-0.2, 0) is 0 Å². The minimum Gasteiger partial charge on any atom is -0.391 e. The number of nitrogens with zero attached hydrogens (tertiary/aromatic N) is 1. The predicted molar refractivity (Wildman–Crippen MR) is 63.0 cm³/mol. The van der Waals surface area contributed by atoms with Crippen LogP contribution in [0.4, 0.5) is 0 Å². The summed E-state index contributed by atoms with van der Waals surface area (Å²) in [5.74, 6) is -0.0998. The van der Waals surface area contributed by atoms with Gasteiger partial charge in [-0.1, -0.05) is 12.1 Å². The van der Waals surface area contributed by atoms with E-state index in [0.717, 1.165) is 0 Å². The van der Waals surface area contributed by atoms with Gasteiger partial charge in [0.15, 0.2) is 5.78 Å². The van der Waals surface area contributed by atoms with E-state index in [-0.39, 0.29) is 11.7 Å². The van der Waals surface area contributed by atoms with Crippen LogP contribution in [0.25, 0.3) is 0 Å². The van der Waals surface area contributed by atoms with E-state index in [1.54, 1.807) is 29.2 Å². The number of hydrogen-bond acceptors (Lipinski definition) is 3. The van der Waals surface area contributed by atoms with Gasteiger partial charge in [0, 0.05) is 24.2 Å². The highest BCUT2D eigenvalue weighted by atomic mass is 16.3. The van der Waals surface area contributed by atoms with Crippen molar-refractivity contribution in [2.75, 3.05) is 13.1 Å². The Morgan fingerprint density at radius 3 is 2.29 bits per heavy atom. The maximum Gasteiger partial charge on any atom is 0.253 e. The largest absolute Gasteiger partial charge is 0.391 e. The van der Waals surface area contributed by atoms with Crippen LogP contribution in [0.15, 0.2) is 24.3 Å². The number of carbonyl (C=O) groups excluding carboxylic acids is 2. The number of carbonyl (C=O) groups is 2. The third-order valence-electron chi connectivity index (χ3n) is 2.99. The second-order valence-corrected chi connectivity index (χ2v) is 4.33. The highest BCUT2D eigenvalue weighted by Crippen LogP contribution is 2.14. The molecule has 1 heterocycles. The first-order valence-electron chi connectivity index (χ1n) is 5.66. The molecule has 0 spiro atoms. The summed E-state index contributed by atoms with van der Waals surface area (Å²) < 4.78 is 0. The number of rotatable bonds is 2. The van der Waals surface area contributed by atoms with Crippen LogP contribution >= 0.6 is 0 Å². The normalized spacial score (nSPS) is 19.4. The van der Waals surface area contributed by atoms with Crippen molar-refractivity contribution in [3.8, 4) is 0 Å². The number of β-amino-alcohol motifs (C(OH)–C–C–N with tert-alkyl or cyclic N) is 1. The van der Waals surface area contributed by atoms with Gasteiger partial charge < -0.3 is 10.0 Å². The highest BCUT2D eigenvalue weighted by Gasteiger charge is 2.25. The standard InChI is InChI=1S/C13H15NO3/c1-9(15)10-2-4-11(5-3-10)13(17)14-7-6-12(16)8-14/h2-5,12,16H,6-8H2,1H3/t12-/m1/s1. The van der Waals surface area contributed by atoms with Crippen LogP contribution in [0.3, 0.4) is 0 Å². The topological polar surface area (TPSA) is 57.6 Å². The molecule has 1 aliphatic heterocycles. The Hall–Kier alpha value is -1.68. The third-order valence-corrected chi connectivity index (χ3v) is 2.99. The lowest BCUT2D eigenvalue weighted by molar-refractivity contribution is 0.0764. The van der Waals surface area contributed by atoms with E-state index in [2.05, 4.69) is 0 Å². The fraction of sp³-hybridized carbons (Fsp3) is 0.385. The van der Waals surface area contributed by atoms with E-state index in [9.17, 15) is 14.7 Å². The smallest absolute Gasteiger partial charge is 0.253 e. The van der Waals surface area contributed by atoms with E-state index in [1.165, 1.54) is 6.92 Å². The first-order chi connectivity index (χ1) is 8.08. The van der Waals surface area contributed by atoms with Crippen LogP contribution in [0.1, 0.15) is 34.1 Å². The molecule has 1 fully saturated rings. The summed E-state index contributed by atoms with van der Waals surface area (Å²) in [6.45, 7) is 2.48. The molecule has 4 heteroatoms. The lowest BCUT2D eigenvalue weighted by Gasteiger charge is -2.15. The molecule has 0 aromatic heterocycles. The zero-order valence-electron chi connectivity index (χ0n) is 9.72. The molecule has 1 aromatic rings. The molecular weight excluding hydrogens is 218 g/mol. The Labute approximate surface area is 99.9 Å². The van der Waals surface area contributed by atoms with E-state index in [1.807, 2.05) is 0 Å². The quantitative estimate of drug-likeness (QED) is 0.778. The summed E-state index contributed by atoms with van der Waals surface area (Å²) in [6, 6.07) is 6.62. The van der Waals surface area contributed by atoms with Gasteiger partial charge in [-0.15, -0.1) is 0 Å². The van der Waals surface area contributed by atoms with Gasteiger partial charge in [0.25, 0.3) is 5.91 Å². The van der Waals surface area contributed by atoms with E-state index >= 15 is 0 Å². The number of benzene rings is 1. The summed E-state index contributed by atoms with van der Waals surface area (Å²) in [5, 5.41) is 9.37. The average molecular weight is 233 g/mol. The van der Waals surface area contributed by atoms with E-state index in [4.69, 9.17) is 0 Å². The van der Waals surface area contributed by atoms with Gasteiger partial charge in [-0.3, -0.25) is 9.59 Å². The van der Waals surface area contributed by atoms with Crippen molar-refractivity contribution in [3.63, 3.8) is 0 Å². The summed E-state index contributed by atoms with van der Waals surface area (Å²) in [5.41, 5.74) is 1.16. The number of Topliss-reactive ketones (excluding diaryl/α,β-unsaturated/α-hetero) is 1. The Balaban J connectivity index is 2.12. The van der Waals surface area contributed by atoms with Crippen LogP contribution < -0.4 is 0 Å². The van der Waals surface area contributed by atoms with Crippen LogP contribution in [0, 0.1) is 0 Å². The minimum absolute atomic E-state index is 0.0133. The second kappa shape index (κ2) is 4.67. The maximum absolute atomic E-state index is 12.0. The first-order valence-corrected chi connectivity index (χ1v) is 5.66. The molecule has 2 rings (SSSR count). The number of aliphatic hydroxyl groups is 1. The summed E-state index contributed by atoms with van der Waals surface area (Å²) in [4.78, 5) is 24.7. The lowest BCUT2D eigenvalue weighted by Crippen LogP contribution is -2.29. The van der Waals surface area contributed by atoms with Gasteiger partial charge in [-0.05, 0) is 25.5 Å². The molecule has 0 aliphatic carbocycles. The summed E-state index contributed by atoms with van der Waals surface area (Å²) in [7, 11) is 0. The van der Waals surface area contributed by atoms with Gasteiger partial charge in [0.05, 0.1) is 6.10 Å². The summed E-state index contributed by atoms with van der Waals surface area (Å²) in [6.07, 6.45) is 0.229. The third kappa shape index (κ3) is 2.53. The Kier molecular flexibility index (Phi) is 3.24. The van der Waals surface area contributed by atoms with E-state index < -0.39 is 6.10 Å². The van der Waals surface area contributed by atoms with E-state index in [0.29, 0.717) is 30.6 Å². The monoisotopic (exact) mass is 233 g/mol. The van der Waals surface area contributed by atoms with Crippen molar-refractivity contribution in [1.82, 2.24) is 4.90 Å². The van der Waals surface area contributed by atoms with Crippen molar-refractivity contribution >= 4 is 11.7 Å². The summed E-state index contributed by atoms with van der Waals surface area (Å²) >= 11 is 0. The van der Waals surface area contributed by atoms with Crippen LogP contribution in [0.5, 0.6) is 0 Å². The lowest BCUT2D eigenvalue weighted by atomic mass is 10.1. The molecule has 1 saturated heterocycles. The van der Waals surface area contributed by atoms with Crippen LogP contribution in [0.2, 0.25) is 0 Å². The van der Waals surface area contributed by atoms with Gasteiger partial charge in [-0.2, -0.15) is 0 Å². The van der Waals surface area contributed by atoms with Gasteiger partial charge in [0.2, 0.25) is 0 Å². The molecule has 1 aliphatic rings. The SMILES string of the molecule is CC(=O)c1ccc(C(=O)N2CC[C@@H](O)C2)cc1. The second-order valence-electron chi connectivity index (χ2n) is 4.33. The van der Waals surface area contributed by atoms with Crippen molar-refractivity contribution in [1.29, 1.82) is 0 Å².